The first-order valence-corrected chi connectivity index (χ1v) is 17.9. The molecule has 4 nitrogen and oxygen atoms in total. The molecule has 0 aromatic carbocycles. The van der Waals surface area contributed by atoms with E-state index in [9.17, 15) is 9.59 Å². The summed E-state index contributed by atoms with van der Waals surface area (Å²) < 4.78 is 0. The fourth-order valence-electron chi connectivity index (χ4n) is 5.28. The minimum atomic E-state index is -0.0672. The normalized spacial score (nSPS) is 11.3. The Bertz CT molecular complexity index is 561. The molecule has 0 atom stereocenters. The number of hydrogen-bond acceptors (Lipinski definition) is 2. The Morgan fingerprint density at radius 3 is 0.925 bits per heavy atom. The van der Waals surface area contributed by atoms with Crippen molar-refractivity contribution in [3.8, 4) is 0 Å². The quantitative estimate of drug-likeness (QED) is 0.0501. The van der Waals surface area contributed by atoms with Gasteiger partial charge in [-0.25, -0.2) is 0 Å². The van der Waals surface area contributed by atoms with Gasteiger partial charge in [0.05, 0.1) is 0 Å². The molecule has 0 aliphatic heterocycles. The van der Waals surface area contributed by atoms with Crippen molar-refractivity contribution in [1.82, 2.24) is 10.9 Å². The Morgan fingerprint density at radius 2 is 0.625 bits per heavy atom. The van der Waals surface area contributed by atoms with Crippen LogP contribution in [0.2, 0.25) is 0 Å². The highest BCUT2D eigenvalue weighted by Gasteiger charge is 2.05. The van der Waals surface area contributed by atoms with Crippen LogP contribution in [0.15, 0.2) is 12.2 Å². The van der Waals surface area contributed by atoms with Gasteiger partial charge in [0.25, 0.3) is 0 Å². The van der Waals surface area contributed by atoms with Gasteiger partial charge >= 0.3 is 0 Å². The van der Waals surface area contributed by atoms with E-state index in [-0.39, 0.29) is 11.8 Å². The van der Waals surface area contributed by atoms with E-state index < -0.39 is 0 Å². The minimum Gasteiger partial charge on any atom is -0.273 e. The molecule has 0 aliphatic carbocycles. The number of hydrazine groups is 1. The van der Waals surface area contributed by atoms with Crippen LogP contribution >= 0.6 is 0 Å². The predicted molar refractivity (Wildman–Crippen MR) is 175 cm³/mol. The van der Waals surface area contributed by atoms with E-state index in [0.717, 1.165) is 25.7 Å². The summed E-state index contributed by atoms with van der Waals surface area (Å²) in [5, 5.41) is 0. The van der Waals surface area contributed by atoms with Crippen molar-refractivity contribution in [2.24, 2.45) is 0 Å². The third-order valence-corrected chi connectivity index (χ3v) is 8.01. The monoisotopic (exact) mass is 563 g/mol. The molecule has 0 aliphatic rings. The second-order valence-corrected chi connectivity index (χ2v) is 12.1. The first-order valence-electron chi connectivity index (χ1n) is 17.9. The fraction of sp³-hybridized carbons (Fsp3) is 0.889. The molecular formula is C36H70N2O2. The maximum absolute atomic E-state index is 12.0. The van der Waals surface area contributed by atoms with Gasteiger partial charge in [-0.3, -0.25) is 20.4 Å². The zero-order chi connectivity index (χ0) is 29.2. The number of allylic oxidation sites excluding steroid dienone is 2. The van der Waals surface area contributed by atoms with Crippen molar-refractivity contribution in [2.45, 2.75) is 206 Å². The SMILES string of the molecule is CCCCCCCC/C=C\CCCCCCCC(=O)NNC(=O)CCCCCCCCCCCCCCCCC. The van der Waals surface area contributed by atoms with Crippen LogP contribution in [0.25, 0.3) is 0 Å². The molecular weight excluding hydrogens is 492 g/mol. The van der Waals surface area contributed by atoms with Crippen LogP contribution < -0.4 is 10.9 Å². The zero-order valence-electron chi connectivity index (χ0n) is 27.2. The van der Waals surface area contributed by atoms with Crippen LogP contribution in [0.5, 0.6) is 0 Å². The van der Waals surface area contributed by atoms with Crippen molar-refractivity contribution >= 4 is 11.8 Å². The Morgan fingerprint density at radius 1 is 0.375 bits per heavy atom. The van der Waals surface area contributed by atoms with E-state index in [4.69, 9.17) is 0 Å². The number of hydrogen-bond donors (Lipinski definition) is 2. The lowest BCUT2D eigenvalue weighted by atomic mass is 10.0. The van der Waals surface area contributed by atoms with Crippen molar-refractivity contribution in [3.63, 3.8) is 0 Å². The molecule has 0 rings (SSSR count). The number of carbonyl (C=O) groups excluding carboxylic acids is 2. The van der Waals surface area contributed by atoms with Crippen molar-refractivity contribution in [3.05, 3.63) is 12.2 Å². The minimum absolute atomic E-state index is 0.0624. The van der Waals surface area contributed by atoms with Crippen LogP contribution in [0, 0.1) is 0 Å². The van der Waals surface area contributed by atoms with E-state index >= 15 is 0 Å². The van der Waals surface area contributed by atoms with E-state index in [1.165, 1.54) is 154 Å². The smallest absolute Gasteiger partial charge is 0.238 e. The van der Waals surface area contributed by atoms with Crippen LogP contribution in [-0.4, -0.2) is 11.8 Å². The van der Waals surface area contributed by atoms with Gasteiger partial charge in [0, 0.05) is 12.8 Å². The van der Waals surface area contributed by atoms with Gasteiger partial charge in [0.15, 0.2) is 0 Å². The second kappa shape index (κ2) is 33.9. The molecule has 0 unspecified atom stereocenters. The first-order chi connectivity index (χ1) is 19.7. The number of amides is 2. The summed E-state index contributed by atoms with van der Waals surface area (Å²) in [6, 6.07) is 0. The molecule has 2 N–H and O–H groups in total. The Balaban J connectivity index is 3.31. The van der Waals surface area contributed by atoms with E-state index in [2.05, 4.69) is 36.9 Å². The van der Waals surface area contributed by atoms with Gasteiger partial charge in [0.2, 0.25) is 11.8 Å². The van der Waals surface area contributed by atoms with Gasteiger partial charge in [-0.1, -0.05) is 167 Å². The lowest BCUT2D eigenvalue weighted by Crippen LogP contribution is -2.41. The number of rotatable bonds is 31. The highest BCUT2D eigenvalue weighted by Crippen LogP contribution is 2.14. The molecule has 0 saturated carbocycles. The summed E-state index contributed by atoms with van der Waals surface area (Å²) in [4.78, 5) is 23.9. The zero-order valence-corrected chi connectivity index (χ0v) is 27.2. The number of nitrogens with one attached hydrogen (secondary N) is 2. The molecule has 236 valence electrons. The Labute approximate surface area is 250 Å². The third-order valence-electron chi connectivity index (χ3n) is 8.01. The van der Waals surface area contributed by atoms with Gasteiger partial charge in [-0.15, -0.1) is 0 Å². The van der Waals surface area contributed by atoms with E-state index in [0.29, 0.717) is 12.8 Å². The molecule has 2 amide bonds. The molecule has 0 aromatic heterocycles. The average molecular weight is 563 g/mol. The van der Waals surface area contributed by atoms with Crippen molar-refractivity contribution in [2.75, 3.05) is 0 Å². The summed E-state index contributed by atoms with van der Waals surface area (Å²) in [5.41, 5.74) is 5.17. The maximum atomic E-state index is 12.0. The van der Waals surface area contributed by atoms with Crippen molar-refractivity contribution < 1.29 is 9.59 Å². The summed E-state index contributed by atoms with van der Waals surface area (Å²) in [6.45, 7) is 4.55. The largest absolute Gasteiger partial charge is 0.273 e. The van der Waals surface area contributed by atoms with Crippen LogP contribution in [-0.2, 0) is 9.59 Å². The standard InChI is InChI=1S/C36H70N2O2/c1-3-5-7-9-11-13-15-17-19-21-23-25-27-29-31-33-35(39)37-38-36(40)34-32-30-28-26-24-22-20-18-16-14-12-10-8-6-4-2/h17,19H,3-16,18,20-34H2,1-2H3,(H,37,39)(H,38,40)/b19-17-. The highest BCUT2D eigenvalue weighted by molar-refractivity contribution is 5.81. The molecule has 0 heterocycles. The van der Waals surface area contributed by atoms with Gasteiger partial charge in [-0.05, 0) is 38.5 Å². The molecule has 0 bridgehead atoms. The molecule has 40 heavy (non-hydrogen) atoms. The first kappa shape index (κ1) is 38.7. The van der Waals surface area contributed by atoms with Gasteiger partial charge in [-0.2, -0.15) is 0 Å². The molecule has 0 radical (unpaired) electrons. The Hall–Kier alpha value is -1.32. The molecule has 0 saturated heterocycles. The molecule has 0 aromatic rings. The van der Waals surface area contributed by atoms with E-state index in [1.54, 1.807) is 0 Å². The average Bonchev–Trinajstić information content (AvgIpc) is 2.96. The third kappa shape index (κ3) is 32.9. The summed E-state index contributed by atoms with van der Waals surface area (Å²) in [7, 11) is 0. The van der Waals surface area contributed by atoms with Gasteiger partial charge < -0.3 is 0 Å². The topological polar surface area (TPSA) is 58.2 Å². The predicted octanol–water partition coefficient (Wildman–Crippen LogP) is 11.4. The number of unbranched alkanes of at least 4 members (excludes halogenated alkanes) is 25. The fourth-order valence-corrected chi connectivity index (χ4v) is 5.28. The lowest BCUT2D eigenvalue weighted by Gasteiger charge is -2.07. The molecule has 0 spiro atoms. The summed E-state index contributed by atoms with van der Waals surface area (Å²) in [6.07, 6.45) is 41.8. The van der Waals surface area contributed by atoms with Crippen LogP contribution in [0.3, 0.4) is 0 Å². The van der Waals surface area contributed by atoms with Gasteiger partial charge in [0.1, 0.15) is 0 Å². The summed E-state index contributed by atoms with van der Waals surface area (Å²) in [5.74, 6) is -0.130. The maximum Gasteiger partial charge on any atom is 0.238 e. The molecule has 4 heteroatoms. The molecule has 0 fully saturated rings. The lowest BCUT2D eigenvalue weighted by molar-refractivity contribution is -0.129. The highest BCUT2D eigenvalue weighted by atomic mass is 16.2. The Kier molecular flexibility index (Phi) is 32.8. The van der Waals surface area contributed by atoms with E-state index in [1.807, 2.05) is 0 Å². The van der Waals surface area contributed by atoms with Crippen LogP contribution in [0.1, 0.15) is 206 Å². The summed E-state index contributed by atoms with van der Waals surface area (Å²) >= 11 is 0. The van der Waals surface area contributed by atoms with Crippen molar-refractivity contribution in [1.29, 1.82) is 0 Å². The second-order valence-electron chi connectivity index (χ2n) is 12.1. The van der Waals surface area contributed by atoms with Crippen LogP contribution in [0.4, 0.5) is 0 Å². The number of carbonyl (C=O) groups is 2.